The molecule has 0 unspecified atom stereocenters. The molecule has 1 aliphatic carbocycles. The summed E-state index contributed by atoms with van der Waals surface area (Å²) < 4.78 is 0. The molecule has 1 aromatic rings. The van der Waals surface area contributed by atoms with Crippen molar-refractivity contribution in [3.63, 3.8) is 0 Å². The van der Waals surface area contributed by atoms with E-state index in [4.69, 9.17) is 5.11 Å². The van der Waals surface area contributed by atoms with E-state index in [2.05, 4.69) is 10.3 Å². The minimum Gasteiger partial charge on any atom is -0.481 e. The van der Waals surface area contributed by atoms with Crippen molar-refractivity contribution in [3.05, 3.63) is 24.0 Å². The lowest BCUT2D eigenvalue weighted by molar-refractivity contribution is -0.142. The number of nitrogens with zero attached hydrogens (tertiary/aromatic N) is 1. The Labute approximate surface area is 88.3 Å². The second-order valence-corrected chi connectivity index (χ2v) is 4.13. The van der Waals surface area contributed by atoms with Crippen molar-refractivity contribution in [2.24, 2.45) is 5.41 Å². The molecule has 0 radical (unpaired) electrons. The van der Waals surface area contributed by atoms with Crippen molar-refractivity contribution < 1.29 is 9.90 Å². The maximum absolute atomic E-state index is 10.9. The first-order chi connectivity index (χ1) is 7.14. The summed E-state index contributed by atoms with van der Waals surface area (Å²) in [5.74, 6) is -0.693. The minimum atomic E-state index is -0.693. The molecule has 1 aromatic heterocycles. The number of anilines is 1. The van der Waals surface area contributed by atoms with Gasteiger partial charge in [0.05, 0.1) is 5.41 Å². The Morgan fingerprint density at radius 3 is 2.93 bits per heavy atom. The van der Waals surface area contributed by atoms with Crippen LogP contribution in [0.5, 0.6) is 0 Å². The molecule has 2 N–H and O–H groups in total. The van der Waals surface area contributed by atoms with E-state index in [-0.39, 0.29) is 0 Å². The summed E-state index contributed by atoms with van der Waals surface area (Å²) in [6.45, 7) is 2.46. The van der Waals surface area contributed by atoms with Crippen LogP contribution in [0.4, 0.5) is 5.69 Å². The van der Waals surface area contributed by atoms with Crippen LogP contribution < -0.4 is 5.32 Å². The monoisotopic (exact) mass is 206 g/mol. The number of aromatic nitrogens is 1. The fourth-order valence-corrected chi connectivity index (χ4v) is 1.55. The van der Waals surface area contributed by atoms with Crippen LogP contribution in [0.25, 0.3) is 0 Å². The third kappa shape index (κ3) is 1.93. The second-order valence-electron chi connectivity index (χ2n) is 4.13. The highest BCUT2D eigenvalue weighted by Crippen LogP contribution is 2.45. The topological polar surface area (TPSA) is 62.2 Å². The molecular weight excluding hydrogens is 192 g/mol. The molecule has 0 saturated heterocycles. The molecule has 0 bridgehead atoms. The number of hydrogen-bond donors (Lipinski definition) is 2. The zero-order valence-corrected chi connectivity index (χ0v) is 8.66. The van der Waals surface area contributed by atoms with Gasteiger partial charge in [0.1, 0.15) is 0 Å². The Morgan fingerprint density at radius 1 is 1.67 bits per heavy atom. The third-order valence-corrected chi connectivity index (χ3v) is 2.94. The van der Waals surface area contributed by atoms with E-state index in [0.29, 0.717) is 6.54 Å². The summed E-state index contributed by atoms with van der Waals surface area (Å²) in [6, 6.07) is 1.87. The predicted octanol–water partition coefficient (Wildman–Crippen LogP) is 1.67. The number of aliphatic carboxylic acids is 1. The van der Waals surface area contributed by atoms with Gasteiger partial charge in [-0.25, -0.2) is 0 Å². The molecule has 2 rings (SSSR count). The van der Waals surface area contributed by atoms with Crippen LogP contribution in [-0.4, -0.2) is 22.6 Å². The maximum Gasteiger partial charge on any atom is 0.311 e. The number of rotatable bonds is 4. The fraction of sp³-hybridized carbons (Fsp3) is 0.455. The molecule has 1 saturated carbocycles. The van der Waals surface area contributed by atoms with Gasteiger partial charge in [0.15, 0.2) is 0 Å². The number of pyridine rings is 1. The number of carbonyl (C=O) groups is 1. The zero-order valence-electron chi connectivity index (χ0n) is 8.66. The standard InChI is InChI=1S/C11H14N2O2/c1-8-6-12-5-2-9(8)13-7-11(3-4-11)10(14)15/h2,5-6H,3-4,7H2,1H3,(H,12,13)(H,14,15). The van der Waals surface area contributed by atoms with Gasteiger partial charge >= 0.3 is 5.97 Å². The van der Waals surface area contributed by atoms with E-state index < -0.39 is 11.4 Å². The molecule has 0 spiro atoms. The van der Waals surface area contributed by atoms with Crippen LogP contribution in [0.2, 0.25) is 0 Å². The van der Waals surface area contributed by atoms with Gasteiger partial charge in [-0.2, -0.15) is 0 Å². The third-order valence-electron chi connectivity index (χ3n) is 2.94. The molecule has 1 fully saturated rings. The van der Waals surface area contributed by atoms with Gasteiger partial charge in [0.2, 0.25) is 0 Å². The van der Waals surface area contributed by atoms with E-state index in [1.807, 2.05) is 13.0 Å². The number of carboxylic acid groups (broad SMARTS) is 1. The molecule has 0 amide bonds. The highest BCUT2D eigenvalue weighted by atomic mass is 16.4. The SMILES string of the molecule is Cc1cnccc1NCC1(C(=O)O)CC1. The summed E-state index contributed by atoms with van der Waals surface area (Å²) >= 11 is 0. The first-order valence-corrected chi connectivity index (χ1v) is 5.02. The van der Waals surface area contributed by atoms with Crippen LogP contribution in [-0.2, 0) is 4.79 Å². The first kappa shape index (κ1) is 9.96. The van der Waals surface area contributed by atoms with Crippen LogP contribution in [0.3, 0.4) is 0 Å². The Bertz CT molecular complexity index is 386. The van der Waals surface area contributed by atoms with Gasteiger partial charge in [0.25, 0.3) is 0 Å². The Morgan fingerprint density at radius 2 is 2.40 bits per heavy atom. The van der Waals surface area contributed by atoms with Gasteiger partial charge in [-0.1, -0.05) is 0 Å². The van der Waals surface area contributed by atoms with Gasteiger partial charge in [-0.05, 0) is 31.4 Å². The molecule has 4 nitrogen and oxygen atoms in total. The summed E-state index contributed by atoms with van der Waals surface area (Å²) in [7, 11) is 0. The summed E-state index contributed by atoms with van der Waals surface area (Å²) in [5.41, 5.74) is 1.49. The first-order valence-electron chi connectivity index (χ1n) is 5.02. The van der Waals surface area contributed by atoms with Crippen LogP contribution in [0.15, 0.2) is 18.5 Å². The van der Waals surface area contributed by atoms with E-state index in [0.717, 1.165) is 24.1 Å². The Kier molecular flexibility index (Phi) is 2.34. The number of nitrogens with one attached hydrogen (secondary N) is 1. The highest BCUT2D eigenvalue weighted by Gasteiger charge is 2.49. The Balaban J connectivity index is 2.00. The lowest BCUT2D eigenvalue weighted by Crippen LogP contribution is -2.24. The van der Waals surface area contributed by atoms with E-state index in [1.54, 1.807) is 12.4 Å². The average Bonchev–Trinajstić information content (AvgIpc) is 2.98. The van der Waals surface area contributed by atoms with Gasteiger partial charge < -0.3 is 10.4 Å². The fourth-order valence-electron chi connectivity index (χ4n) is 1.55. The largest absolute Gasteiger partial charge is 0.481 e. The number of carboxylic acids is 1. The van der Waals surface area contributed by atoms with Crippen molar-refractivity contribution >= 4 is 11.7 Å². The van der Waals surface area contributed by atoms with Crippen molar-refractivity contribution in [3.8, 4) is 0 Å². The van der Waals surface area contributed by atoms with Crippen LogP contribution >= 0.6 is 0 Å². The van der Waals surface area contributed by atoms with Crippen molar-refractivity contribution in [2.45, 2.75) is 19.8 Å². The highest BCUT2D eigenvalue weighted by molar-refractivity contribution is 5.78. The average molecular weight is 206 g/mol. The lowest BCUT2D eigenvalue weighted by Gasteiger charge is -2.13. The molecule has 4 heteroatoms. The molecule has 1 aliphatic rings. The smallest absolute Gasteiger partial charge is 0.311 e. The second kappa shape index (κ2) is 3.53. The van der Waals surface area contributed by atoms with E-state index in [9.17, 15) is 4.79 Å². The van der Waals surface area contributed by atoms with Gasteiger partial charge in [-0.15, -0.1) is 0 Å². The molecular formula is C11H14N2O2. The van der Waals surface area contributed by atoms with Crippen molar-refractivity contribution in [2.75, 3.05) is 11.9 Å². The van der Waals surface area contributed by atoms with Crippen LogP contribution in [0, 0.1) is 12.3 Å². The molecule has 0 aliphatic heterocycles. The summed E-state index contributed by atoms with van der Waals surface area (Å²) in [5, 5.41) is 12.2. The van der Waals surface area contributed by atoms with Crippen LogP contribution in [0.1, 0.15) is 18.4 Å². The molecule has 0 aromatic carbocycles. The molecule has 15 heavy (non-hydrogen) atoms. The van der Waals surface area contributed by atoms with Gasteiger partial charge in [0, 0.05) is 24.6 Å². The zero-order chi connectivity index (χ0) is 10.9. The molecule has 0 atom stereocenters. The van der Waals surface area contributed by atoms with E-state index in [1.165, 1.54) is 0 Å². The summed E-state index contributed by atoms with van der Waals surface area (Å²) in [6.07, 6.45) is 5.03. The van der Waals surface area contributed by atoms with Crippen molar-refractivity contribution in [1.29, 1.82) is 0 Å². The quantitative estimate of drug-likeness (QED) is 0.786. The van der Waals surface area contributed by atoms with Crippen molar-refractivity contribution in [1.82, 2.24) is 4.98 Å². The summed E-state index contributed by atoms with van der Waals surface area (Å²) in [4.78, 5) is 14.9. The number of hydrogen-bond acceptors (Lipinski definition) is 3. The maximum atomic E-state index is 10.9. The normalized spacial score (nSPS) is 17.1. The molecule has 1 heterocycles. The Hall–Kier alpha value is -1.58. The lowest BCUT2D eigenvalue weighted by atomic mass is 10.1. The molecule has 80 valence electrons. The van der Waals surface area contributed by atoms with E-state index >= 15 is 0 Å². The predicted molar refractivity (Wildman–Crippen MR) is 56.8 cm³/mol. The minimum absolute atomic E-state index is 0.507. The van der Waals surface area contributed by atoms with Gasteiger partial charge in [-0.3, -0.25) is 9.78 Å². The number of aryl methyl sites for hydroxylation is 1.